The Bertz CT molecular complexity index is 603. The smallest absolute Gasteiger partial charge is 0.337 e. The van der Waals surface area contributed by atoms with Gasteiger partial charge in [0, 0.05) is 17.9 Å². The van der Waals surface area contributed by atoms with Crippen molar-refractivity contribution in [3.63, 3.8) is 0 Å². The van der Waals surface area contributed by atoms with Gasteiger partial charge in [-0.05, 0) is 30.7 Å². The molecule has 0 N–H and O–H groups in total. The second-order valence-electron chi connectivity index (χ2n) is 4.73. The quantitative estimate of drug-likeness (QED) is 0.791. The van der Waals surface area contributed by atoms with Crippen LogP contribution in [-0.2, 0) is 4.74 Å². The Morgan fingerprint density at radius 1 is 1.58 bits per heavy atom. The van der Waals surface area contributed by atoms with E-state index in [4.69, 9.17) is 4.74 Å². The number of ether oxygens (including phenoxy) is 1. The number of imidazole rings is 1. The van der Waals surface area contributed by atoms with Crippen molar-refractivity contribution >= 4 is 23.2 Å². The minimum absolute atomic E-state index is 0.307. The number of carbonyl (C=O) groups is 1. The normalized spacial score (nSPS) is 19.5. The summed E-state index contributed by atoms with van der Waals surface area (Å²) in [7, 11) is 1.40. The summed E-state index contributed by atoms with van der Waals surface area (Å²) < 4.78 is 6.82. The number of rotatable bonds is 2. The molecular weight excluding hydrogens is 260 g/mol. The van der Waals surface area contributed by atoms with E-state index in [9.17, 15) is 4.79 Å². The number of hydrogen-bond donors (Lipinski definition) is 0. The molecule has 4 nitrogen and oxygen atoms in total. The predicted octanol–water partition coefficient (Wildman–Crippen LogP) is 2.73. The predicted molar refractivity (Wildman–Crippen MR) is 75.8 cm³/mol. The van der Waals surface area contributed by atoms with Crippen LogP contribution in [0.4, 0.5) is 0 Å². The van der Waals surface area contributed by atoms with Crippen LogP contribution in [0.3, 0.4) is 0 Å². The third-order valence-electron chi connectivity index (χ3n) is 3.51. The standard InChI is InChI=1S/C14H16N2O2S/c1-18-14(17)10-4-5-16-12(7-10)8-15-13(16)11-3-2-6-19-9-11/h4-5,7-8,11H,2-3,6,9H2,1H3. The highest BCUT2D eigenvalue weighted by Gasteiger charge is 2.20. The minimum Gasteiger partial charge on any atom is -0.465 e. The summed E-state index contributed by atoms with van der Waals surface area (Å²) >= 11 is 1.99. The largest absolute Gasteiger partial charge is 0.465 e. The fraction of sp³-hybridized carbons (Fsp3) is 0.429. The van der Waals surface area contributed by atoms with Crippen molar-refractivity contribution in [3.8, 4) is 0 Å². The van der Waals surface area contributed by atoms with E-state index in [1.807, 2.05) is 30.2 Å². The molecule has 2 aromatic rings. The third kappa shape index (κ3) is 2.34. The molecule has 0 amide bonds. The van der Waals surface area contributed by atoms with Crippen molar-refractivity contribution in [2.45, 2.75) is 18.8 Å². The van der Waals surface area contributed by atoms with Gasteiger partial charge in [-0.15, -0.1) is 0 Å². The summed E-state index contributed by atoms with van der Waals surface area (Å²) in [6.07, 6.45) is 6.21. The zero-order valence-corrected chi connectivity index (χ0v) is 11.7. The van der Waals surface area contributed by atoms with Crippen molar-refractivity contribution in [2.24, 2.45) is 0 Å². The zero-order valence-electron chi connectivity index (χ0n) is 10.8. The molecule has 0 radical (unpaired) electrons. The molecule has 2 aromatic heterocycles. The molecule has 0 spiro atoms. The number of pyridine rings is 1. The number of esters is 1. The lowest BCUT2D eigenvalue weighted by atomic mass is 10.0. The Hall–Kier alpha value is -1.49. The maximum Gasteiger partial charge on any atom is 0.337 e. The van der Waals surface area contributed by atoms with E-state index < -0.39 is 0 Å². The van der Waals surface area contributed by atoms with Crippen LogP contribution in [0.25, 0.3) is 5.52 Å². The molecule has 1 saturated heterocycles. The van der Waals surface area contributed by atoms with Gasteiger partial charge in [0.05, 0.1) is 24.4 Å². The van der Waals surface area contributed by atoms with Crippen LogP contribution in [-0.4, -0.2) is 34.0 Å². The second kappa shape index (κ2) is 5.25. The highest BCUT2D eigenvalue weighted by atomic mass is 32.2. The second-order valence-corrected chi connectivity index (χ2v) is 5.88. The SMILES string of the molecule is COC(=O)c1ccn2c(C3CCCSC3)ncc2c1. The van der Waals surface area contributed by atoms with Gasteiger partial charge in [-0.25, -0.2) is 9.78 Å². The molecule has 1 unspecified atom stereocenters. The van der Waals surface area contributed by atoms with E-state index >= 15 is 0 Å². The molecule has 1 atom stereocenters. The third-order valence-corrected chi connectivity index (χ3v) is 4.72. The summed E-state index contributed by atoms with van der Waals surface area (Å²) in [5.41, 5.74) is 1.52. The molecule has 0 aliphatic carbocycles. The van der Waals surface area contributed by atoms with Crippen LogP contribution in [0, 0.1) is 0 Å². The molecule has 1 aliphatic heterocycles. The first-order valence-corrected chi connectivity index (χ1v) is 7.58. The first-order valence-electron chi connectivity index (χ1n) is 6.42. The Balaban J connectivity index is 1.97. The Morgan fingerprint density at radius 2 is 2.47 bits per heavy atom. The molecule has 100 valence electrons. The van der Waals surface area contributed by atoms with Crippen molar-refractivity contribution in [1.82, 2.24) is 9.38 Å². The van der Waals surface area contributed by atoms with Gasteiger partial charge in [-0.3, -0.25) is 0 Å². The van der Waals surface area contributed by atoms with Crippen LogP contribution in [0.15, 0.2) is 24.5 Å². The summed E-state index contributed by atoms with van der Waals surface area (Å²) in [6, 6.07) is 3.62. The number of aromatic nitrogens is 2. The van der Waals surface area contributed by atoms with Gasteiger partial charge in [-0.1, -0.05) is 0 Å². The van der Waals surface area contributed by atoms with Gasteiger partial charge in [0.25, 0.3) is 0 Å². The van der Waals surface area contributed by atoms with E-state index in [0.29, 0.717) is 11.5 Å². The summed E-state index contributed by atoms with van der Waals surface area (Å²) in [4.78, 5) is 16.1. The molecule has 3 rings (SSSR count). The lowest BCUT2D eigenvalue weighted by Gasteiger charge is -2.20. The monoisotopic (exact) mass is 276 g/mol. The van der Waals surface area contributed by atoms with E-state index in [1.165, 1.54) is 25.7 Å². The minimum atomic E-state index is -0.307. The summed E-state index contributed by atoms with van der Waals surface area (Å²) in [5.74, 6) is 3.71. The average molecular weight is 276 g/mol. The Kier molecular flexibility index (Phi) is 3.46. The Morgan fingerprint density at radius 3 is 3.21 bits per heavy atom. The van der Waals surface area contributed by atoms with Crippen LogP contribution in [0.1, 0.15) is 34.9 Å². The molecule has 1 fully saturated rings. The number of methoxy groups -OCH3 is 1. The van der Waals surface area contributed by atoms with E-state index in [2.05, 4.69) is 9.38 Å². The van der Waals surface area contributed by atoms with Crippen LogP contribution in [0.2, 0.25) is 0 Å². The van der Waals surface area contributed by atoms with Gasteiger partial charge in [-0.2, -0.15) is 11.8 Å². The van der Waals surface area contributed by atoms with Gasteiger partial charge < -0.3 is 9.14 Å². The lowest BCUT2D eigenvalue weighted by molar-refractivity contribution is 0.0600. The Labute approximate surface area is 116 Å². The van der Waals surface area contributed by atoms with Gasteiger partial charge in [0.15, 0.2) is 0 Å². The van der Waals surface area contributed by atoms with E-state index in [1.54, 1.807) is 6.07 Å². The molecule has 5 heteroatoms. The molecular formula is C14H16N2O2S. The van der Waals surface area contributed by atoms with E-state index in [0.717, 1.165) is 17.1 Å². The highest BCUT2D eigenvalue weighted by molar-refractivity contribution is 7.99. The fourth-order valence-corrected chi connectivity index (χ4v) is 3.65. The summed E-state index contributed by atoms with van der Waals surface area (Å²) in [6.45, 7) is 0. The number of hydrogen-bond acceptors (Lipinski definition) is 4. The van der Waals surface area contributed by atoms with Gasteiger partial charge in [0.2, 0.25) is 0 Å². The average Bonchev–Trinajstić information content (AvgIpc) is 2.90. The van der Waals surface area contributed by atoms with Crippen LogP contribution < -0.4 is 0 Å². The first kappa shape index (κ1) is 12.5. The van der Waals surface area contributed by atoms with Gasteiger partial charge in [0.1, 0.15) is 5.82 Å². The topological polar surface area (TPSA) is 43.6 Å². The summed E-state index contributed by atoms with van der Waals surface area (Å²) in [5, 5.41) is 0. The fourth-order valence-electron chi connectivity index (χ4n) is 2.51. The van der Waals surface area contributed by atoms with Crippen molar-refractivity contribution in [3.05, 3.63) is 35.9 Å². The maximum atomic E-state index is 11.5. The molecule has 0 bridgehead atoms. The van der Waals surface area contributed by atoms with Gasteiger partial charge >= 0.3 is 5.97 Å². The number of fused-ring (bicyclic) bond motifs is 1. The maximum absolute atomic E-state index is 11.5. The molecule has 0 saturated carbocycles. The highest BCUT2D eigenvalue weighted by Crippen LogP contribution is 2.30. The number of thioether (sulfide) groups is 1. The molecule has 19 heavy (non-hydrogen) atoms. The van der Waals surface area contributed by atoms with Crippen LogP contribution >= 0.6 is 11.8 Å². The van der Waals surface area contributed by atoms with Crippen molar-refractivity contribution < 1.29 is 9.53 Å². The number of nitrogens with zero attached hydrogens (tertiary/aromatic N) is 2. The van der Waals surface area contributed by atoms with Crippen molar-refractivity contribution in [1.29, 1.82) is 0 Å². The van der Waals surface area contributed by atoms with Crippen molar-refractivity contribution in [2.75, 3.05) is 18.6 Å². The molecule has 1 aliphatic rings. The molecule has 0 aromatic carbocycles. The molecule has 3 heterocycles. The van der Waals surface area contributed by atoms with E-state index in [-0.39, 0.29) is 5.97 Å². The first-order chi connectivity index (χ1) is 9.29. The zero-order chi connectivity index (χ0) is 13.2. The number of carbonyl (C=O) groups excluding carboxylic acids is 1. The van der Waals surface area contributed by atoms with Crippen LogP contribution in [0.5, 0.6) is 0 Å². The lowest BCUT2D eigenvalue weighted by Crippen LogP contribution is -2.12.